The first-order valence-corrected chi connectivity index (χ1v) is 8.25. The Kier molecular flexibility index (Phi) is 4.48. The highest BCUT2D eigenvalue weighted by Gasteiger charge is 2.12. The molecule has 1 N–H and O–H groups in total. The highest BCUT2D eigenvalue weighted by atomic mass is 79.9. The van der Waals surface area contributed by atoms with E-state index in [-0.39, 0.29) is 5.56 Å². The van der Waals surface area contributed by atoms with Crippen LogP contribution in [0.4, 0.5) is 0 Å². The fourth-order valence-electron chi connectivity index (χ4n) is 2.28. The molecule has 3 aromatic rings. The molecular weight excluding hydrogens is 356 g/mol. The predicted octanol–water partition coefficient (Wildman–Crippen LogP) is 4.39. The third-order valence-corrected chi connectivity index (χ3v) is 3.88. The molecule has 5 heteroatoms. The van der Waals surface area contributed by atoms with E-state index in [1.165, 1.54) is 0 Å². The second-order valence-electron chi connectivity index (χ2n) is 5.78. The molecule has 0 spiro atoms. The van der Waals surface area contributed by atoms with Crippen LogP contribution in [0.5, 0.6) is 5.75 Å². The van der Waals surface area contributed by atoms with Gasteiger partial charge >= 0.3 is 0 Å². The van der Waals surface area contributed by atoms with E-state index in [1.54, 1.807) is 6.07 Å². The Hall–Kier alpha value is -2.14. The zero-order valence-electron chi connectivity index (χ0n) is 13.0. The third-order valence-electron chi connectivity index (χ3n) is 3.38. The summed E-state index contributed by atoms with van der Waals surface area (Å²) in [5, 5.41) is 0.580. The number of hydrogen-bond donors (Lipinski definition) is 1. The lowest BCUT2D eigenvalue weighted by molar-refractivity contribution is 0.272. The van der Waals surface area contributed by atoms with E-state index in [1.807, 2.05) is 36.4 Å². The summed E-state index contributed by atoms with van der Waals surface area (Å²) in [5.74, 6) is 1.63. The smallest absolute Gasteiger partial charge is 0.259 e. The average molecular weight is 373 g/mol. The van der Waals surface area contributed by atoms with Crippen LogP contribution in [-0.2, 0) is 0 Å². The molecule has 0 amide bonds. The van der Waals surface area contributed by atoms with Crippen molar-refractivity contribution in [3.8, 4) is 17.1 Å². The number of para-hydroxylation sites is 1. The highest BCUT2D eigenvalue weighted by molar-refractivity contribution is 9.10. The molecule has 0 bridgehead atoms. The molecule has 0 saturated carbocycles. The van der Waals surface area contributed by atoms with Gasteiger partial charge in [-0.1, -0.05) is 41.9 Å². The van der Waals surface area contributed by atoms with Gasteiger partial charge in [-0.25, -0.2) is 4.98 Å². The van der Waals surface area contributed by atoms with E-state index >= 15 is 0 Å². The highest BCUT2D eigenvalue weighted by Crippen LogP contribution is 2.31. The van der Waals surface area contributed by atoms with E-state index in [0.29, 0.717) is 35.0 Å². The summed E-state index contributed by atoms with van der Waals surface area (Å²) in [6.45, 7) is 4.79. The quantitative estimate of drug-likeness (QED) is 0.738. The molecule has 4 nitrogen and oxygen atoms in total. The van der Waals surface area contributed by atoms with Gasteiger partial charge in [-0.2, -0.15) is 0 Å². The fourth-order valence-corrected chi connectivity index (χ4v) is 2.64. The van der Waals surface area contributed by atoms with Crippen molar-refractivity contribution in [3.63, 3.8) is 0 Å². The normalized spacial score (nSPS) is 11.1. The molecule has 0 fully saturated rings. The summed E-state index contributed by atoms with van der Waals surface area (Å²) >= 11 is 3.47. The first-order chi connectivity index (χ1) is 11.0. The van der Waals surface area contributed by atoms with Crippen molar-refractivity contribution in [2.75, 3.05) is 6.61 Å². The van der Waals surface area contributed by atoms with Crippen LogP contribution in [0.15, 0.2) is 51.7 Å². The number of ether oxygens (including phenoxy) is 1. The fraction of sp³-hybridized carbons (Fsp3) is 0.222. The standard InChI is InChI=1S/C18H17BrN2O2/c1-11(2)10-23-16-8-7-12(19)9-14(16)17-20-15-6-4-3-5-13(15)18(22)21-17/h3-9,11H,10H2,1-2H3,(H,20,21,22). The van der Waals surface area contributed by atoms with Crippen molar-refractivity contribution in [1.29, 1.82) is 0 Å². The molecular formula is C18H17BrN2O2. The zero-order chi connectivity index (χ0) is 16.4. The first-order valence-electron chi connectivity index (χ1n) is 7.46. The second-order valence-corrected chi connectivity index (χ2v) is 6.69. The SMILES string of the molecule is CC(C)COc1ccc(Br)cc1-c1nc2ccccc2c(=O)[nH]1. The third kappa shape index (κ3) is 3.45. The lowest BCUT2D eigenvalue weighted by Gasteiger charge is -2.13. The molecule has 3 rings (SSSR count). The molecule has 0 radical (unpaired) electrons. The van der Waals surface area contributed by atoms with Gasteiger partial charge in [-0.15, -0.1) is 0 Å². The minimum atomic E-state index is -0.152. The Morgan fingerprint density at radius 3 is 2.78 bits per heavy atom. The van der Waals surface area contributed by atoms with Crippen molar-refractivity contribution in [1.82, 2.24) is 9.97 Å². The maximum atomic E-state index is 12.3. The van der Waals surface area contributed by atoms with E-state index in [4.69, 9.17) is 4.74 Å². The van der Waals surface area contributed by atoms with Crippen LogP contribution in [0.1, 0.15) is 13.8 Å². The maximum Gasteiger partial charge on any atom is 0.259 e. The summed E-state index contributed by atoms with van der Waals surface area (Å²) in [6, 6.07) is 13.0. The van der Waals surface area contributed by atoms with E-state index in [9.17, 15) is 4.79 Å². The number of hydrogen-bond acceptors (Lipinski definition) is 3. The van der Waals surface area contributed by atoms with Crippen molar-refractivity contribution in [2.24, 2.45) is 5.92 Å². The van der Waals surface area contributed by atoms with E-state index in [0.717, 1.165) is 10.0 Å². The summed E-state index contributed by atoms with van der Waals surface area (Å²) in [7, 11) is 0. The van der Waals surface area contributed by atoms with Gasteiger partial charge in [0.05, 0.1) is 23.1 Å². The molecule has 0 unspecified atom stereocenters. The van der Waals surface area contributed by atoms with Crippen LogP contribution < -0.4 is 10.3 Å². The van der Waals surface area contributed by atoms with Crippen LogP contribution in [0.3, 0.4) is 0 Å². The number of fused-ring (bicyclic) bond motifs is 1. The number of aromatic nitrogens is 2. The number of aromatic amines is 1. The van der Waals surface area contributed by atoms with E-state index in [2.05, 4.69) is 39.7 Å². The van der Waals surface area contributed by atoms with Gasteiger partial charge in [0.1, 0.15) is 11.6 Å². The Balaban J connectivity index is 2.14. The molecule has 1 aromatic heterocycles. The summed E-state index contributed by atoms with van der Waals surface area (Å²) in [6.07, 6.45) is 0. The minimum absolute atomic E-state index is 0.152. The first kappa shape index (κ1) is 15.7. The topological polar surface area (TPSA) is 55.0 Å². The van der Waals surface area contributed by atoms with Crippen molar-refractivity contribution < 1.29 is 4.74 Å². The van der Waals surface area contributed by atoms with Crippen LogP contribution in [0, 0.1) is 5.92 Å². The number of benzene rings is 2. The Bertz CT molecular complexity index is 903. The van der Waals surface area contributed by atoms with Crippen molar-refractivity contribution >= 4 is 26.8 Å². The van der Waals surface area contributed by atoms with Gasteiger partial charge in [0.15, 0.2) is 0 Å². The molecule has 0 atom stereocenters. The summed E-state index contributed by atoms with van der Waals surface area (Å²) in [4.78, 5) is 19.7. The molecule has 1 heterocycles. The van der Waals surface area contributed by atoms with Gasteiger partial charge in [0, 0.05) is 4.47 Å². The predicted molar refractivity (Wildman–Crippen MR) is 95.8 cm³/mol. The number of nitrogens with zero attached hydrogens (tertiary/aromatic N) is 1. The molecule has 23 heavy (non-hydrogen) atoms. The zero-order valence-corrected chi connectivity index (χ0v) is 14.6. The molecule has 118 valence electrons. The second kappa shape index (κ2) is 6.54. The summed E-state index contributed by atoms with van der Waals surface area (Å²) in [5.41, 5.74) is 1.28. The van der Waals surface area contributed by atoms with Crippen molar-refractivity contribution in [3.05, 3.63) is 57.3 Å². The van der Waals surface area contributed by atoms with Gasteiger partial charge in [-0.3, -0.25) is 4.79 Å². The largest absolute Gasteiger partial charge is 0.493 e. The maximum absolute atomic E-state index is 12.3. The van der Waals surface area contributed by atoms with Gasteiger partial charge < -0.3 is 9.72 Å². The van der Waals surface area contributed by atoms with Gasteiger partial charge in [0.2, 0.25) is 0 Å². The summed E-state index contributed by atoms with van der Waals surface area (Å²) < 4.78 is 6.78. The molecule has 2 aromatic carbocycles. The van der Waals surface area contributed by atoms with E-state index < -0.39 is 0 Å². The Labute approximate surface area is 142 Å². The molecule has 0 aliphatic carbocycles. The van der Waals surface area contributed by atoms with Crippen molar-refractivity contribution in [2.45, 2.75) is 13.8 Å². The monoisotopic (exact) mass is 372 g/mol. The lowest BCUT2D eigenvalue weighted by Crippen LogP contribution is -2.11. The molecule has 0 saturated heterocycles. The number of H-pyrrole nitrogens is 1. The van der Waals surface area contributed by atoms with Crippen LogP contribution in [0.2, 0.25) is 0 Å². The van der Waals surface area contributed by atoms with Gasteiger partial charge in [-0.05, 0) is 36.2 Å². The Morgan fingerprint density at radius 2 is 2.00 bits per heavy atom. The van der Waals surface area contributed by atoms with Crippen LogP contribution in [-0.4, -0.2) is 16.6 Å². The average Bonchev–Trinajstić information content (AvgIpc) is 2.53. The molecule has 0 aliphatic rings. The number of nitrogens with one attached hydrogen (secondary N) is 1. The minimum Gasteiger partial charge on any atom is -0.493 e. The van der Waals surface area contributed by atoms with Crippen LogP contribution in [0.25, 0.3) is 22.3 Å². The van der Waals surface area contributed by atoms with Gasteiger partial charge in [0.25, 0.3) is 5.56 Å². The Morgan fingerprint density at radius 1 is 1.22 bits per heavy atom. The van der Waals surface area contributed by atoms with Crippen LogP contribution >= 0.6 is 15.9 Å². The molecule has 0 aliphatic heterocycles. The number of halogens is 1. The number of rotatable bonds is 4. The lowest BCUT2D eigenvalue weighted by atomic mass is 10.1.